The van der Waals surface area contributed by atoms with Crippen molar-refractivity contribution in [3.05, 3.63) is 18.2 Å². The monoisotopic (exact) mass is 224 g/mol. The van der Waals surface area contributed by atoms with E-state index in [1.165, 1.54) is 12.8 Å². The van der Waals surface area contributed by atoms with Crippen molar-refractivity contribution in [1.82, 2.24) is 14.5 Å². The third-order valence-electron chi connectivity index (χ3n) is 2.94. The summed E-state index contributed by atoms with van der Waals surface area (Å²) < 4.78 is 2.05. The molecule has 16 heavy (non-hydrogen) atoms. The largest absolute Gasteiger partial charge is 0.336 e. The molecule has 1 rings (SSSR count). The van der Waals surface area contributed by atoms with Crippen LogP contribution >= 0.6 is 0 Å². The number of nitrogens with zero attached hydrogens (tertiary/aromatic N) is 3. The Morgan fingerprint density at radius 2 is 2.31 bits per heavy atom. The first-order chi connectivity index (χ1) is 7.67. The van der Waals surface area contributed by atoms with Gasteiger partial charge < -0.3 is 10.3 Å². The van der Waals surface area contributed by atoms with Crippen molar-refractivity contribution in [2.24, 2.45) is 5.73 Å². The molecule has 4 heteroatoms. The van der Waals surface area contributed by atoms with Crippen LogP contribution in [0.1, 0.15) is 32.4 Å². The summed E-state index contributed by atoms with van der Waals surface area (Å²) in [4.78, 5) is 6.73. The van der Waals surface area contributed by atoms with Crippen LogP contribution in [0.4, 0.5) is 0 Å². The molecule has 92 valence electrons. The average molecular weight is 224 g/mol. The molecule has 1 heterocycles. The fourth-order valence-electron chi connectivity index (χ4n) is 1.81. The van der Waals surface area contributed by atoms with E-state index in [1.54, 1.807) is 0 Å². The highest BCUT2D eigenvalue weighted by molar-refractivity contribution is 4.96. The van der Waals surface area contributed by atoms with Crippen molar-refractivity contribution in [2.75, 3.05) is 13.6 Å². The van der Waals surface area contributed by atoms with Gasteiger partial charge in [0.05, 0.1) is 12.0 Å². The minimum absolute atomic E-state index is 0.615. The predicted molar refractivity (Wildman–Crippen MR) is 67.1 cm³/mol. The molecule has 4 nitrogen and oxygen atoms in total. The molecule has 0 fully saturated rings. The van der Waals surface area contributed by atoms with Crippen LogP contribution < -0.4 is 5.73 Å². The van der Waals surface area contributed by atoms with Crippen molar-refractivity contribution < 1.29 is 0 Å². The normalized spacial score (nSPS) is 13.3. The van der Waals surface area contributed by atoms with E-state index in [9.17, 15) is 0 Å². The quantitative estimate of drug-likeness (QED) is 0.763. The zero-order valence-corrected chi connectivity index (χ0v) is 10.7. The Morgan fingerprint density at radius 1 is 1.56 bits per heavy atom. The smallest absolute Gasteiger partial charge is 0.0950 e. The second-order valence-corrected chi connectivity index (χ2v) is 4.44. The predicted octanol–water partition coefficient (Wildman–Crippen LogP) is 1.46. The van der Waals surface area contributed by atoms with Gasteiger partial charge >= 0.3 is 0 Å². The third kappa shape index (κ3) is 3.94. The number of hydrogen-bond acceptors (Lipinski definition) is 3. The van der Waals surface area contributed by atoms with Crippen molar-refractivity contribution in [3.63, 3.8) is 0 Å². The average Bonchev–Trinajstić information content (AvgIpc) is 2.66. The molecule has 1 aromatic heterocycles. The minimum atomic E-state index is 0.615. The molecule has 0 amide bonds. The first kappa shape index (κ1) is 13.2. The molecule has 0 aromatic carbocycles. The van der Waals surface area contributed by atoms with Crippen LogP contribution in [0.5, 0.6) is 0 Å². The fraction of sp³-hybridized carbons (Fsp3) is 0.750. The van der Waals surface area contributed by atoms with Gasteiger partial charge in [0.2, 0.25) is 0 Å². The van der Waals surface area contributed by atoms with Gasteiger partial charge in [-0.3, -0.25) is 4.90 Å². The number of imidazole rings is 1. The van der Waals surface area contributed by atoms with Crippen LogP contribution in [0, 0.1) is 0 Å². The summed E-state index contributed by atoms with van der Waals surface area (Å²) >= 11 is 0. The van der Waals surface area contributed by atoms with Crippen LogP contribution in [0.2, 0.25) is 0 Å². The molecule has 0 spiro atoms. The SMILES string of the molecule is CCCC(C)N(C)Cc1cn(CCN)cn1. The molecule has 0 radical (unpaired) electrons. The third-order valence-corrected chi connectivity index (χ3v) is 2.94. The van der Waals surface area contributed by atoms with E-state index in [0.29, 0.717) is 12.6 Å². The Kier molecular flexibility index (Phi) is 5.49. The van der Waals surface area contributed by atoms with E-state index in [2.05, 4.69) is 37.0 Å². The Hall–Kier alpha value is -0.870. The maximum Gasteiger partial charge on any atom is 0.0950 e. The maximum absolute atomic E-state index is 5.50. The van der Waals surface area contributed by atoms with E-state index in [-0.39, 0.29) is 0 Å². The summed E-state index contributed by atoms with van der Waals surface area (Å²) in [5.74, 6) is 0. The maximum atomic E-state index is 5.50. The van der Waals surface area contributed by atoms with Gasteiger partial charge in [0.25, 0.3) is 0 Å². The highest BCUT2D eigenvalue weighted by atomic mass is 15.1. The van der Waals surface area contributed by atoms with E-state index >= 15 is 0 Å². The first-order valence-electron chi connectivity index (χ1n) is 6.08. The van der Waals surface area contributed by atoms with E-state index in [4.69, 9.17) is 5.73 Å². The lowest BCUT2D eigenvalue weighted by molar-refractivity contribution is 0.234. The van der Waals surface area contributed by atoms with Gasteiger partial charge in [-0.05, 0) is 20.4 Å². The minimum Gasteiger partial charge on any atom is -0.336 e. The molecular formula is C12H24N4. The Bertz CT molecular complexity index is 295. The standard InChI is InChI=1S/C12H24N4/c1-4-5-11(2)15(3)8-12-9-16(7-6-13)10-14-12/h9-11H,4-8,13H2,1-3H3. The van der Waals surface area contributed by atoms with Crippen LogP contribution in [0.15, 0.2) is 12.5 Å². The molecule has 0 aliphatic heterocycles. The molecule has 1 unspecified atom stereocenters. The first-order valence-corrected chi connectivity index (χ1v) is 6.08. The number of nitrogens with two attached hydrogens (primary N) is 1. The fourth-order valence-corrected chi connectivity index (χ4v) is 1.81. The van der Waals surface area contributed by atoms with Crippen LogP contribution in [-0.2, 0) is 13.1 Å². The summed E-state index contributed by atoms with van der Waals surface area (Å²) in [6.07, 6.45) is 6.41. The lowest BCUT2D eigenvalue weighted by atomic mass is 10.2. The molecule has 0 aliphatic carbocycles. The Labute approximate surface area is 98.5 Å². The molecule has 0 aliphatic rings. The zero-order chi connectivity index (χ0) is 12.0. The van der Waals surface area contributed by atoms with Crippen LogP contribution in [0.25, 0.3) is 0 Å². The summed E-state index contributed by atoms with van der Waals surface area (Å²) in [6, 6.07) is 0.615. The van der Waals surface area contributed by atoms with Gasteiger partial charge in [-0.15, -0.1) is 0 Å². The van der Waals surface area contributed by atoms with Gasteiger partial charge in [-0.1, -0.05) is 13.3 Å². The molecule has 2 N–H and O–H groups in total. The van der Waals surface area contributed by atoms with Crippen molar-refractivity contribution in [2.45, 2.75) is 45.8 Å². The molecule has 0 saturated carbocycles. The zero-order valence-electron chi connectivity index (χ0n) is 10.7. The number of aromatic nitrogens is 2. The number of hydrogen-bond donors (Lipinski definition) is 1. The van der Waals surface area contributed by atoms with Gasteiger partial charge in [0.15, 0.2) is 0 Å². The van der Waals surface area contributed by atoms with E-state index in [0.717, 1.165) is 18.8 Å². The van der Waals surface area contributed by atoms with Gasteiger partial charge in [0, 0.05) is 31.9 Å². The lowest BCUT2D eigenvalue weighted by Crippen LogP contribution is -2.28. The summed E-state index contributed by atoms with van der Waals surface area (Å²) in [5, 5.41) is 0. The second kappa shape index (κ2) is 6.66. The van der Waals surface area contributed by atoms with Gasteiger partial charge in [0.1, 0.15) is 0 Å². The molecule has 0 saturated heterocycles. The van der Waals surface area contributed by atoms with Crippen LogP contribution in [0.3, 0.4) is 0 Å². The van der Waals surface area contributed by atoms with E-state index < -0.39 is 0 Å². The topological polar surface area (TPSA) is 47.1 Å². The molecular weight excluding hydrogens is 200 g/mol. The van der Waals surface area contributed by atoms with Crippen molar-refractivity contribution in [3.8, 4) is 0 Å². The summed E-state index contributed by atoms with van der Waals surface area (Å²) in [5.41, 5.74) is 6.62. The lowest BCUT2D eigenvalue weighted by Gasteiger charge is -2.23. The summed E-state index contributed by atoms with van der Waals surface area (Å²) in [6.45, 7) is 6.92. The molecule has 1 atom stereocenters. The molecule has 1 aromatic rings. The Morgan fingerprint density at radius 3 is 2.94 bits per heavy atom. The van der Waals surface area contributed by atoms with Crippen molar-refractivity contribution in [1.29, 1.82) is 0 Å². The van der Waals surface area contributed by atoms with E-state index in [1.807, 2.05) is 10.9 Å². The number of rotatable bonds is 7. The summed E-state index contributed by atoms with van der Waals surface area (Å²) in [7, 11) is 2.16. The Balaban J connectivity index is 2.45. The van der Waals surface area contributed by atoms with Gasteiger partial charge in [-0.2, -0.15) is 0 Å². The van der Waals surface area contributed by atoms with Crippen molar-refractivity contribution >= 4 is 0 Å². The molecule has 0 bridgehead atoms. The van der Waals surface area contributed by atoms with Crippen LogP contribution in [-0.4, -0.2) is 34.1 Å². The second-order valence-electron chi connectivity index (χ2n) is 4.44. The highest BCUT2D eigenvalue weighted by Crippen LogP contribution is 2.08. The highest BCUT2D eigenvalue weighted by Gasteiger charge is 2.09. The van der Waals surface area contributed by atoms with Gasteiger partial charge in [-0.25, -0.2) is 4.98 Å².